The first kappa shape index (κ1) is 9.30. The molecule has 1 atom stereocenters. The van der Waals surface area contributed by atoms with Crippen molar-refractivity contribution in [3.63, 3.8) is 0 Å². The third kappa shape index (κ3) is 1.87. The fourth-order valence-corrected chi connectivity index (χ4v) is 1.10. The Morgan fingerprint density at radius 1 is 1.42 bits per heavy atom. The van der Waals surface area contributed by atoms with Crippen molar-refractivity contribution in [3.8, 4) is 11.5 Å². The Morgan fingerprint density at radius 3 is 2.67 bits per heavy atom. The minimum atomic E-state index is 0.00744. The zero-order chi connectivity index (χ0) is 8.97. The molecule has 12 heavy (non-hydrogen) atoms. The number of aliphatic hydroxyl groups excluding tert-OH is 1. The van der Waals surface area contributed by atoms with Crippen LogP contribution in [0.3, 0.4) is 0 Å². The highest BCUT2D eigenvalue weighted by Crippen LogP contribution is 2.29. The quantitative estimate of drug-likeness (QED) is 0.724. The highest BCUT2D eigenvalue weighted by atomic mass is 31.0. The van der Waals surface area contributed by atoms with Crippen molar-refractivity contribution in [1.29, 1.82) is 0 Å². The minimum Gasteiger partial charge on any atom is -0.493 e. The average Bonchev–Trinajstić information content (AvgIpc) is 2.16. The van der Waals surface area contributed by atoms with Crippen LogP contribution < -0.4 is 9.26 Å². The number of hydrogen-bond acceptors (Lipinski definition) is 3. The van der Waals surface area contributed by atoms with Crippen molar-refractivity contribution in [1.82, 2.24) is 0 Å². The summed E-state index contributed by atoms with van der Waals surface area (Å²) < 4.78 is 9.97. The van der Waals surface area contributed by atoms with Gasteiger partial charge in [-0.25, -0.2) is 0 Å². The van der Waals surface area contributed by atoms with Gasteiger partial charge in [-0.1, -0.05) is 6.07 Å². The summed E-state index contributed by atoms with van der Waals surface area (Å²) in [6, 6.07) is 5.26. The third-order valence-electron chi connectivity index (χ3n) is 1.54. The normalized spacial score (nSPS) is 9.58. The van der Waals surface area contributed by atoms with Crippen molar-refractivity contribution in [2.45, 2.75) is 6.61 Å². The number of hydrogen-bond donors (Lipinski definition) is 1. The molecule has 0 amide bonds. The molecule has 0 aliphatic heterocycles. The van der Waals surface area contributed by atoms with Gasteiger partial charge in [0.05, 0.1) is 23.2 Å². The molecule has 0 aliphatic rings. The predicted octanol–water partition coefficient (Wildman–Crippen LogP) is 1.36. The van der Waals surface area contributed by atoms with E-state index >= 15 is 0 Å². The van der Waals surface area contributed by atoms with Crippen molar-refractivity contribution >= 4 is 9.47 Å². The molecule has 0 aliphatic carbocycles. The molecule has 1 N–H and O–H groups in total. The van der Waals surface area contributed by atoms with Crippen LogP contribution in [0.5, 0.6) is 11.5 Å². The summed E-state index contributed by atoms with van der Waals surface area (Å²) in [5, 5.41) is 8.82. The molecule has 1 aromatic carbocycles. The summed E-state index contributed by atoms with van der Waals surface area (Å²) in [5.74, 6) is 1.26. The van der Waals surface area contributed by atoms with Gasteiger partial charge >= 0.3 is 0 Å². The van der Waals surface area contributed by atoms with Gasteiger partial charge in [-0.15, -0.1) is 0 Å². The molecule has 0 spiro atoms. The summed E-state index contributed by atoms with van der Waals surface area (Å²) in [4.78, 5) is 0. The van der Waals surface area contributed by atoms with Crippen molar-refractivity contribution < 1.29 is 14.4 Å². The van der Waals surface area contributed by atoms with E-state index in [0.717, 1.165) is 5.56 Å². The van der Waals surface area contributed by atoms with Gasteiger partial charge in [-0.2, -0.15) is 0 Å². The highest BCUT2D eigenvalue weighted by molar-refractivity contribution is 7.10. The van der Waals surface area contributed by atoms with Crippen molar-refractivity contribution in [3.05, 3.63) is 23.8 Å². The Kier molecular flexibility index (Phi) is 3.32. The SMILES string of the molecule is COc1cc(CO)ccc1OP. The maximum atomic E-state index is 8.82. The fraction of sp³-hybridized carbons (Fsp3) is 0.250. The Balaban J connectivity index is 3.02. The van der Waals surface area contributed by atoms with E-state index in [1.54, 1.807) is 25.3 Å². The Morgan fingerprint density at radius 2 is 2.17 bits per heavy atom. The van der Waals surface area contributed by atoms with Crippen LogP contribution in [0, 0.1) is 0 Å². The second-order valence-electron chi connectivity index (χ2n) is 2.26. The second-order valence-corrected chi connectivity index (χ2v) is 2.50. The van der Waals surface area contributed by atoms with Gasteiger partial charge in [0.1, 0.15) is 0 Å². The lowest BCUT2D eigenvalue weighted by Crippen LogP contribution is -1.89. The minimum absolute atomic E-state index is 0.00744. The van der Waals surface area contributed by atoms with Crippen LogP contribution in [0.1, 0.15) is 5.56 Å². The monoisotopic (exact) mass is 186 g/mol. The maximum Gasteiger partial charge on any atom is 0.164 e. The molecule has 3 nitrogen and oxygen atoms in total. The molecule has 0 fully saturated rings. The molecule has 0 radical (unpaired) electrons. The highest BCUT2D eigenvalue weighted by Gasteiger charge is 2.02. The van der Waals surface area contributed by atoms with E-state index in [1.165, 1.54) is 0 Å². The number of aliphatic hydroxyl groups is 1. The fourth-order valence-electron chi connectivity index (χ4n) is 0.908. The Labute approximate surface area is 73.6 Å². The standard InChI is InChI=1S/C8H11O3P/c1-10-8-4-6(5-9)2-3-7(8)11-12/h2-4,9H,5,12H2,1H3. The van der Waals surface area contributed by atoms with Gasteiger partial charge in [-0.05, 0) is 17.7 Å². The molecule has 1 rings (SSSR count). The summed E-state index contributed by atoms with van der Waals surface area (Å²) in [6.45, 7) is 0.00744. The average molecular weight is 186 g/mol. The third-order valence-corrected chi connectivity index (χ3v) is 1.79. The van der Waals surface area contributed by atoms with E-state index in [2.05, 4.69) is 9.47 Å². The summed E-state index contributed by atoms with van der Waals surface area (Å²) in [6.07, 6.45) is 0. The van der Waals surface area contributed by atoms with Crippen LogP contribution in [-0.2, 0) is 6.61 Å². The smallest absolute Gasteiger partial charge is 0.164 e. The van der Waals surface area contributed by atoms with E-state index in [0.29, 0.717) is 11.5 Å². The first-order chi connectivity index (χ1) is 5.81. The molecule has 0 saturated heterocycles. The molecule has 0 aromatic heterocycles. The van der Waals surface area contributed by atoms with Crippen molar-refractivity contribution in [2.75, 3.05) is 7.11 Å². The Bertz CT molecular complexity index is 262. The van der Waals surface area contributed by atoms with Gasteiger partial charge in [0.25, 0.3) is 0 Å². The molecular weight excluding hydrogens is 175 g/mol. The van der Waals surface area contributed by atoms with E-state index in [1.807, 2.05) is 0 Å². The van der Waals surface area contributed by atoms with E-state index in [-0.39, 0.29) is 6.61 Å². The molecule has 1 aromatic rings. The van der Waals surface area contributed by atoms with Crippen LogP contribution in [0.4, 0.5) is 0 Å². The van der Waals surface area contributed by atoms with Gasteiger partial charge in [0.15, 0.2) is 11.5 Å². The van der Waals surface area contributed by atoms with Gasteiger partial charge < -0.3 is 14.4 Å². The van der Waals surface area contributed by atoms with Crippen LogP contribution in [0.15, 0.2) is 18.2 Å². The number of ether oxygens (including phenoxy) is 1. The predicted molar refractivity (Wildman–Crippen MR) is 49.3 cm³/mol. The first-order valence-corrected chi connectivity index (χ1v) is 3.93. The largest absolute Gasteiger partial charge is 0.493 e. The molecule has 66 valence electrons. The zero-order valence-corrected chi connectivity index (χ0v) is 7.93. The lowest BCUT2D eigenvalue weighted by Gasteiger charge is -2.07. The lowest BCUT2D eigenvalue weighted by atomic mass is 10.2. The van der Waals surface area contributed by atoms with E-state index in [4.69, 9.17) is 14.4 Å². The van der Waals surface area contributed by atoms with E-state index in [9.17, 15) is 0 Å². The number of rotatable bonds is 3. The van der Waals surface area contributed by atoms with Crippen molar-refractivity contribution in [2.24, 2.45) is 0 Å². The lowest BCUT2D eigenvalue weighted by molar-refractivity contribution is 0.281. The molecule has 1 unspecified atom stereocenters. The topological polar surface area (TPSA) is 38.7 Å². The maximum absolute atomic E-state index is 8.82. The summed E-state index contributed by atoms with van der Waals surface area (Å²) >= 11 is 0. The van der Waals surface area contributed by atoms with Crippen LogP contribution in [0.2, 0.25) is 0 Å². The zero-order valence-electron chi connectivity index (χ0n) is 6.78. The van der Waals surface area contributed by atoms with Gasteiger partial charge in [0.2, 0.25) is 0 Å². The second kappa shape index (κ2) is 4.29. The molecular formula is C8H11O3P. The van der Waals surface area contributed by atoms with Gasteiger partial charge in [-0.3, -0.25) is 0 Å². The van der Waals surface area contributed by atoms with Crippen LogP contribution >= 0.6 is 9.47 Å². The summed E-state index contributed by atoms with van der Waals surface area (Å²) in [7, 11) is 3.70. The Hall–Kier alpha value is -0.790. The molecule has 4 heteroatoms. The molecule has 0 bridgehead atoms. The van der Waals surface area contributed by atoms with Crippen LogP contribution in [0.25, 0.3) is 0 Å². The van der Waals surface area contributed by atoms with E-state index < -0.39 is 0 Å². The number of methoxy groups -OCH3 is 1. The van der Waals surface area contributed by atoms with Crippen LogP contribution in [-0.4, -0.2) is 12.2 Å². The van der Waals surface area contributed by atoms with Gasteiger partial charge in [0, 0.05) is 0 Å². The summed E-state index contributed by atoms with van der Waals surface area (Å²) in [5.41, 5.74) is 0.803. The number of benzene rings is 1. The molecule has 0 heterocycles. The first-order valence-electron chi connectivity index (χ1n) is 3.46. The molecule has 0 saturated carbocycles.